The largest absolute Gasteiger partial charge is 0.463 e. The summed E-state index contributed by atoms with van der Waals surface area (Å²) in [6.45, 7) is 1.40. The smallest absolute Gasteiger partial charge is 0.302 e. The standard InChI is InChI=1S/C8H13N3O2/c1-6(12)13-8-4-2-3-7(5-8)10-11-9/h7-8H,2-5H2,1H3/t7?,8-/m0/s1. The second kappa shape index (κ2) is 4.72. The molecule has 0 N–H and O–H groups in total. The van der Waals surface area contributed by atoms with Crippen molar-refractivity contribution < 1.29 is 9.53 Å². The summed E-state index contributed by atoms with van der Waals surface area (Å²) in [5.74, 6) is -0.258. The van der Waals surface area contributed by atoms with Gasteiger partial charge in [-0.2, -0.15) is 0 Å². The Hall–Kier alpha value is -1.22. The van der Waals surface area contributed by atoms with Gasteiger partial charge in [-0.15, -0.1) is 0 Å². The maximum absolute atomic E-state index is 10.7. The molecular weight excluding hydrogens is 170 g/mol. The quantitative estimate of drug-likeness (QED) is 0.285. The number of carbonyl (C=O) groups is 1. The van der Waals surface area contributed by atoms with E-state index in [0.717, 1.165) is 19.3 Å². The van der Waals surface area contributed by atoms with Crippen LogP contribution in [0.25, 0.3) is 10.4 Å². The van der Waals surface area contributed by atoms with Crippen molar-refractivity contribution in [2.75, 3.05) is 0 Å². The van der Waals surface area contributed by atoms with Gasteiger partial charge in [-0.3, -0.25) is 4.79 Å². The SMILES string of the molecule is CC(=O)O[C@H]1CCCC(N=[N+]=[N-])C1. The fourth-order valence-electron chi connectivity index (χ4n) is 1.64. The lowest BCUT2D eigenvalue weighted by atomic mass is 9.93. The lowest BCUT2D eigenvalue weighted by Crippen LogP contribution is -2.26. The van der Waals surface area contributed by atoms with Crippen LogP contribution in [0.1, 0.15) is 32.6 Å². The van der Waals surface area contributed by atoms with Crippen molar-refractivity contribution in [2.45, 2.75) is 44.8 Å². The normalized spacial score (nSPS) is 27.5. The molecule has 0 saturated heterocycles. The van der Waals surface area contributed by atoms with E-state index >= 15 is 0 Å². The molecule has 0 amide bonds. The number of hydrogen-bond acceptors (Lipinski definition) is 3. The Bertz CT molecular complexity index is 236. The van der Waals surface area contributed by atoms with Crippen LogP contribution in [0.4, 0.5) is 0 Å². The average Bonchev–Trinajstić information content (AvgIpc) is 2.04. The minimum absolute atomic E-state index is 0.00287. The van der Waals surface area contributed by atoms with Crippen LogP contribution in [0.3, 0.4) is 0 Å². The number of carbonyl (C=O) groups excluding carboxylic acids is 1. The van der Waals surface area contributed by atoms with E-state index < -0.39 is 0 Å². The van der Waals surface area contributed by atoms with Crippen LogP contribution in [0.5, 0.6) is 0 Å². The van der Waals surface area contributed by atoms with Gasteiger partial charge in [0.2, 0.25) is 0 Å². The molecule has 1 fully saturated rings. The Kier molecular flexibility index (Phi) is 3.58. The Morgan fingerprint density at radius 1 is 1.62 bits per heavy atom. The predicted molar refractivity (Wildman–Crippen MR) is 47.0 cm³/mol. The summed E-state index contributed by atoms with van der Waals surface area (Å²) in [6.07, 6.45) is 3.37. The lowest BCUT2D eigenvalue weighted by molar-refractivity contribution is -0.147. The fraction of sp³-hybridized carbons (Fsp3) is 0.875. The lowest BCUT2D eigenvalue weighted by Gasteiger charge is -2.25. The van der Waals surface area contributed by atoms with Gasteiger partial charge in [-0.1, -0.05) is 5.11 Å². The molecule has 0 radical (unpaired) electrons. The number of ether oxygens (including phenoxy) is 1. The van der Waals surface area contributed by atoms with Gasteiger partial charge in [0.15, 0.2) is 0 Å². The molecular formula is C8H13N3O2. The maximum atomic E-state index is 10.7. The molecule has 5 heteroatoms. The Labute approximate surface area is 76.7 Å². The van der Waals surface area contributed by atoms with Crippen molar-refractivity contribution in [1.82, 2.24) is 0 Å². The molecule has 0 aliphatic heterocycles. The predicted octanol–water partition coefficient (Wildman–Crippen LogP) is 2.17. The number of hydrogen-bond donors (Lipinski definition) is 0. The first-order valence-corrected chi connectivity index (χ1v) is 4.44. The minimum Gasteiger partial charge on any atom is -0.463 e. The van der Waals surface area contributed by atoms with Gasteiger partial charge in [0, 0.05) is 17.9 Å². The van der Waals surface area contributed by atoms with Crippen molar-refractivity contribution in [2.24, 2.45) is 5.11 Å². The molecule has 0 bridgehead atoms. The van der Waals surface area contributed by atoms with Crippen LogP contribution in [0.2, 0.25) is 0 Å². The Balaban J connectivity index is 2.41. The summed E-state index contributed by atoms with van der Waals surface area (Å²) in [5, 5.41) is 3.63. The molecule has 1 saturated carbocycles. The highest BCUT2D eigenvalue weighted by atomic mass is 16.5. The van der Waals surface area contributed by atoms with Gasteiger partial charge in [0.1, 0.15) is 6.10 Å². The summed E-state index contributed by atoms with van der Waals surface area (Å²) in [4.78, 5) is 13.4. The number of esters is 1. The molecule has 5 nitrogen and oxygen atoms in total. The number of azide groups is 1. The second-order valence-corrected chi connectivity index (χ2v) is 3.26. The van der Waals surface area contributed by atoms with Gasteiger partial charge < -0.3 is 4.74 Å². The van der Waals surface area contributed by atoms with Gasteiger partial charge in [-0.05, 0) is 31.2 Å². The van der Waals surface area contributed by atoms with E-state index in [1.165, 1.54) is 6.92 Å². The highest BCUT2D eigenvalue weighted by molar-refractivity contribution is 5.66. The van der Waals surface area contributed by atoms with E-state index in [1.54, 1.807) is 0 Å². The first kappa shape index (κ1) is 9.86. The summed E-state index contributed by atoms with van der Waals surface area (Å²) < 4.78 is 5.05. The fourth-order valence-corrected chi connectivity index (χ4v) is 1.64. The van der Waals surface area contributed by atoms with Crippen LogP contribution in [-0.2, 0) is 9.53 Å². The second-order valence-electron chi connectivity index (χ2n) is 3.26. The van der Waals surface area contributed by atoms with Crippen LogP contribution < -0.4 is 0 Å². The molecule has 0 aromatic carbocycles. The maximum Gasteiger partial charge on any atom is 0.302 e. The molecule has 0 aromatic rings. The van der Waals surface area contributed by atoms with E-state index in [-0.39, 0.29) is 18.1 Å². The summed E-state index contributed by atoms with van der Waals surface area (Å²) in [5.41, 5.74) is 8.24. The first-order valence-electron chi connectivity index (χ1n) is 4.44. The highest BCUT2D eigenvalue weighted by Gasteiger charge is 2.22. The molecule has 0 spiro atoms. The van der Waals surface area contributed by atoms with Crippen LogP contribution in [-0.4, -0.2) is 18.1 Å². The molecule has 0 aromatic heterocycles. The highest BCUT2D eigenvalue weighted by Crippen LogP contribution is 2.23. The van der Waals surface area contributed by atoms with E-state index in [1.807, 2.05) is 0 Å². The van der Waals surface area contributed by atoms with E-state index in [9.17, 15) is 4.79 Å². The van der Waals surface area contributed by atoms with E-state index in [2.05, 4.69) is 10.0 Å². The third-order valence-corrected chi connectivity index (χ3v) is 2.15. The Morgan fingerprint density at radius 2 is 2.38 bits per heavy atom. The molecule has 2 atom stereocenters. The minimum atomic E-state index is -0.258. The van der Waals surface area contributed by atoms with Crippen molar-refractivity contribution in [3.8, 4) is 0 Å². The number of nitrogens with zero attached hydrogens (tertiary/aromatic N) is 3. The van der Waals surface area contributed by atoms with Crippen LogP contribution in [0.15, 0.2) is 5.11 Å². The third-order valence-electron chi connectivity index (χ3n) is 2.15. The van der Waals surface area contributed by atoms with Crippen molar-refractivity contribution in [1.29, 1.82) is 0 Å². The summed E-state index contributed by atoms with van der Waals surface area (Å²) >= 11 is 0. The van der Waals surface area contributed by atoms with Crippen LogP contribution >= 0.6 is 0 Å². The number of rotatable bonds is 2. The van der Waals surface area contributed by atoms with Gasteiger partial charge in [-0.25, -0.2) is 0 Å². The van der Waals surface area contributed by atoms with E-state index in [0.29, 0.717) is 6.42 Å². The molecule has 1 aliphatic carbocycles. The van der Waals surface area contributed by atoms with Gasteiger partial charge in [0.05, 0.1) is 0 Å². The molecule has 1 rings (SSSR count). The van der Waals surface area contributed by atoms with Crippen molar-refractivity contribution in [3.05, 3.63) is 10.4 Å². The zero-order valence-corrected chi connectivity index (χ0v) is 7.64. The van der Waals surface area contributed by atoms with Crippen LogP contribution in [0, 0.1) is 0 Å². The molecule has 72 valence electrons. The van der Waals surface area contributed by atoms with E-state index in [4.69, 9.17) is 10.3 Å². The molecule has 0 heterocycles. The zero-order valence-electron chi connectivity index (χ0n) is 7.64. The molecule has 1 unspecified atom stereocenters. The first-order chi connectivity index (χ1) is 6.22. The zero-order chi connectivity index (χ0) is 9.68. The summed E-state index contributed by atoms with van der Waals surface area (Å²) in [6, 6.07) is 0.00287. The topological polar surface area (TPSA) is 75.1 Å². The van der Waals surface area contributed by atoms with Gasteiger partial charge >= 0.3 is 5.97 Å². The summed E-state index contributed by atoms with van der Waals surface area (Å²) in [7, 11) is 0. The average molecular weight is 183 g/mol. The van der Waals surface area contributed by atoms with Crippen molar-refractivity contribution >= 4 is 5.97 Å². The third kappa shape index (κ3) is 3.34. The molecule has 13 heavy (non-hydrogen) atoms. The molecule has 1 aliphatic rings. The van der Waals surface area contributed by atoms with Crippen molar-refractivity contribution in [3.63, 3.8) is 0 Å². The monoisotopic (exact) mass is 183 g/mol. The van der Waals surface area contributed by atoms with Gasteiger partial charge in [0.25, 0.3) is 0 Å². The Morgan fingerprint density at radius 3 is 3.00 bits per heavy atom.